The van der Waals surface area contributed by atoms with Crippen molar-refractivity contribution in [3.8, 4) is 0 Å². The molecule has 1 fully saturated rings. The standard InChI is InChI=1S/C30H49N3O4/c1-10-12-22(6)31-27(34)26(23-17-20(4)16-21(5)18-23)33(24-13-11-14-24)28(35)25(15-19(2)3)32-29(36)37-30(7,8)9/h16-19,22,24-26H,10-15H2,1-9H3,(H,31,34)(H,32,36). The van der Waals surface area contributed by atoms with Crippen LogP contribution in [-0.2, 0) is 14.3 Å². The van der Waals surface area contributed by atoms with E-state index in [1.54, 1.807) is 25.7 Å². The Kier molecular flexibility index (Phi) is 11.0. The molecular formula is C30H49N3O4. The number of alkyl carbamates (subject to hydrolysis) is 1. The largest absolute Gasteiger partial charge is 0.444 e. The third-order valence-electron chi connectivity index (χ3n) is 6.62. The van der Waals surface area contributed by atoms with Gasteiger partial charge >= 0.3 is 6.09 Å². The van der Waals surface area contributed by atoms with Gasteiger partial charge in [0.1, 0.15) is 17.7 Å². The molecule has 3 atom stereocenters. The average molecular weight is 516 g/mol. The third-order valence-corrected chi connectivity index (χ3v) is 6.62. The van der Waals surface area contributed by atoms with Crippen molar-refractivity contribution in [3.05, 3.63) is 34.9 Å². The predicted molar refractivity (Wildman–Crippen MR) is 148 cm³/mol. The first-order valence-electron chi connectivity index (χ1n) is 13.9. The maximum absolute atomic E-state index is 14.3. The molecule has 0 radical (unpaired) electrons. The van der Waals surface area contributed by atoms with Crippen molar-refractivity contribution in [2.45, 2.75) is 131 Å². The molecule has 1 saturated carbocycles. The molecule has 0 aliphatic heterocycles. The highest BCUT2D eigenvalue weighted by Gasteiger charge is 2.42. The lowest BCUT2D eigenvalue weighted by molar-refractivity contribution is -0.148. The quantitative estimate of drug-likeness (QED) is 0.380. The number of nitrogens with zero attached hydrogens (tertiary/aromatic N) is 1. The van der Waals surface area contributed by atoms with Crippen LogP contribution in [0.1, 0.15) is 110 Å². The van der Waals surface area contributed by atoms with Crippen LogP contribution in [0, 0.1) is 19.8 Å². The fourth-order valence-electron chi connectivity index (χ4n) is 4.94. The van der Waals surface area contributed by atoms with Gasteiger partial charge < -0.3 is 20.3 Å². The summed E-state index contributed by atoms with van der Waals surface area (Å²) in [6.45, 7) is 17.5. The molecule has 1 aromatic rings. The van der Waals surface area contributed by atoms with Crippen molar-refractivity contribution < 1.29 is 19.1 Å². The number of hydrogen-bond acceptors (Lipinski definition) is 4. The van der Waals surface area contributed by atoms with Gasteiger partial charge in [-0.05, 0) is 85.1 Å². The van der Waals surface area contributed by atoms with Gasteiger partial charge in [-0.3, -0.25) is 9.59 Å². The van der Waals surface area contributed by atoms with Crippen molar-refractivity contribution in [3.63, 3.8) is 0 Å². The molecular weight excluding hydrogens is 466 g/mol. The first-order chi connectivity index (χ1) is 17.2. The highest BCUT2D eigenvalue weighted by molar-refractivity contribution is 5.92. The van der Waals surface area contributed by atoms with Crippen LogP contribution in [-0.4, -0.2) is 46.5 Å². The van der Waals surface area contributed by atoms with E-state index < -0.39 is 23.8 Å². The van der Waals surface area contributed by atoms with Crippen LogP contribution in [0.15, 0.2) is 18.2 Å². The summed E-state index contributed by atoms with van der Waals surface area (Å²) in [5.74, 6) is -0.247. The number of benzene rings is 1. The van der Waals surface area contributed by atoms with Gasteiger partial charge in [0.2, 0.25) is 11.8 Å². The fourth-order valence-corrected chi connectivity index (χ4v) is 4.94. The van der Waals surface area contributed by atoms with E-state index in [9.17, 15) is 14.4 Å². The Labute approximate surface area is 224 Å². The second-order valence-corrected chi connectivity index (χ2v) is 12.2. The molecule has 7 nitrogen and oxygen atoms in total. The van der Waals surface area contributed by atoms with Crippen LogP contribution < -0.4 is 10.6 Å². The van der Waals surface area contributed by atoms with Crippen molar-refractivity contribution in [1.82, 2.24) is 15.5 Å². The molecule has 2 rings (SSSR count). The Morgan fingerprint density at radius 3 is 2.08 bits per heavy atom. The zero-order chi connectivity index (χ0) is 27.9. The fraction of sp³-hybridized carbons (Fsp3) is 0.700. The SMILES string of the molecule is CCCC(C)NC(=O)C(c1cc(C)cc(C)c1)N(C(=O)C(CC(C)C)NC(=O)OC(C)(C)C)C1CCC1. The number of rotatable bonds is 11. The first kappa shape index (κ1) is 30.7. The van der Waals surface area contributed by atoms with Crippen LogP contribution in [0.2, 0.25) is 0 Å². The van der Waals surface area contributed by atoms with Gasteiger partial charge in [-0.25, -0.2) is 4.79 Å². The maximum Gasteiger partial charge on any atom is 0.408 e. The molecule has 2 N–H and O–H groups in total. The summed E-state index contributed by atoms with van der Waals surface area (Å²) in [6, 6.07) is 4.45. The summed E-state index contributed by atoms with van der Waals surface area (Å²) in [4.78, 5) is 42.7. The molecule has 208 valence electrons. The van der Waals surface area contributed by atoms with Gasteiger partial charge in [-0.15, -0.1) is 0 Å². The minimum Gasteiger partial charge on any atom is -0.444 e. The second-order valence-electron chi connectivity index (χ2n) is 12.2. The summed E-state index contributed by atoms with van der Waals surface area (Å²) < 4.78 is 5.48. The summed E-state index contributed by atoms with van der Waals surface area (Å²) in [5, 5.41) is 6.00. The number of amides is 3. The molecule has 0 saturated heterocycles. The van der Waals surface area contributed by atoms with Crippen molar-refractivity contribution >= 4 is 17.9 Å². The Balaban J connectivity index is 2.53. The monoisotopic (exact) mass is 515 g/mol. The van der Waals surface area contributed by atoms with Gasteiger partial charge in [-0.2, -0.15) is 0 Å². The smallest absolute Gasteiger partial charge is 0.408 e. The van der Waals surface area contributed by atoms with Gasteiger partial charge in [0, 0.05) is 12.1 Å². The molecule has 3 amide bonds. The third kappa shape index (κ3) is 9.35. The van der Waals surface area contributed by atoms with E-state index in [1.165, 1.54) is 0 Å². The van der Waals surface area contributed by atoms with E-state index in [2.05, 4.69) is 23.6 Å². The van der Waals surface area contributed by atoms with Crippen LogP contribution >= 0.6 is 0 Å². The van der Waals surface area contributed by atoms with E-state index in [1.807, 2.05) is 46.8 Å². The van der Waals surface area contributed by atoms with Crippen molar-refractivity contribution in [1.29, 1.82) is 0 Å². The minimum atomic E-state index is -0.787. The summed E-state index contributed by atoms with van der Waals surface area (Å²) in [5.41, 5.74) is 2.21. The lowest BCUT2D eigenvalue weighted by Gasteiger charge is -2.44. The molecule has 37 heavy (non-hydrogen) atoms. The zero-order valence-electron chi connectivity index (χ0n) is 24.4. The molecule has 1 aliphatic carbocycles. The first-order valence-corrected chi connectivity index (χ1v) is 13.9. The van der Waals surface area contributed by atoms with Gasteiger partial charge in [-0.1, -0.05) is 56.5 Å². The Hall–Kier alpha value is -2.57. The molecule has 0 aromatic heterocycles. The average Bonchev–Trinajstić information content (AvgIpc) is 2.68. The van der Waals surface area contributed by atoms with E-state index in [0.717, 1.165) is 48.8 Å². The van der Waals surface area contributed by atoms with E-state index >= 15 is 0 Å². The zero-order valence-corrected chi connectivity index (χ0v) is 24.4. The van der Waals surface area contributed by atoms with Crippen LogP contribution in [0.5, 0.6) is 0 Å². The summed E-state index contributed by atoms with van der Waals surface area (Å²) >= 11 is 0. The topological polar surface area (TPSA) is 87.7 Å². The number of ether oxygens (including phenoxy) is 1. The highest BCUT2D eigenvalue weighted by Crippen LogP contribution is 2.35. The molecule has 1 aliphatic rings. The Morgan fingerprint density at radius 2 is 1.62 bits per heavy atom. The number of carbonyl (C=O) groups excluding carboxylic acids is 3. The van der Waals surface area contributed by atoms with E-state index in [-0.39, 0.29) is 29.8 Å². The molecule has 0 heterocycles. The summed E-state index contributed by atoms with van der Waals surface area (Å²) in [6.07, 6.45) is 4.34. The molecule has 3 unspecified atom stereocenters. The Morgan fingerprint density at radius 1 is 1.03 bits per heavy atom. The second kappa shape index (κ2) is 13.3. The van der Waals surface area contributed by atoms with Crippen molar-refractivity contribution in [2.75, 3.05) is 0 Å². The van der Waals surface area contributed by atoms with E-state index in [0.29, 0.717) is 6.42 Å². The highest BCUT2D eigenvalue weighted by atomic mass is 16.6. The lowest BCUT2D eigenvalue weighted by atomic mass is 9.87. The number of hydrogen-bond donors (Lipinski definition) is 2. The Bertz CT molecular complexity index is 913. The lowest BCUT2D eigenvalue weighted by Crippen LogP contribution is -2.58. The summed E-state index contributed by atoms with van der Waals surface area (Å²) in [7, 11) is 0. The van der Waals surface area contributed by atoms with Crippen LogP contribution in [0.4, 0.5) is 4.79 Å². The normalized spacial score (nSPS) is 16.4. The molecule has 7 heteroatoms. The van der Waals surface area contributed by atoms with E-state index in [4.69, 9.17) is 4.74 Å². The minimum absolute atomic E-state index is 0.00408. The van der Waals surface area contributed by atoms with Crippen LogP contribution in [0.3, 0.4) is 0 Å². The predicted octanol–water partition coefficient (Wildman–Crippen LogP) is 5.97. The number of aryl methyl sites for hydroxylation is 2. The van der Waals surface area contributed by atoms with Gasteiger partial charge in [0.05, 0.1) is 0 Å². The van der Waals surface area contributed by atoms with Crippen LogP contribution in [0.25, 0.3) is 0 Å². The van der Waals surface area contributed by atoms with Crippen molar-refractivity contribution in [2.24, 2.45) is 5.92 Å². The molecule has 0 spiro atoms. The molecule has 0 bridgehead atoms. The number of carbonyl (C=O) groups is 3. The van der Waals surface area contributed by atoms with Gasteiger partial charge in [0.25, 0.3) is 0 Å². The maximum atomic E-state index is 14.3. The number of nitrogens with one attached hydrogen (secondary N) is 2. The van der Waals surface area contributed by atoms with Gasteiger partial charge in [0.15, 0.2) is 0 Å². The molecule has 1 aromatic carbocycles.